The molecule has 1 N–H and O–H groups in total. The number of likely N-dealkylation sites (tertiary alicyclic amines) is 1. The maximum absolute atomic E-state index is 11.6. The topological polar surface area (TPSA) is 58.6 Å². The van der Waals surface area contributed by atoms with Crippen LogP contribution < -0.4 is 5.32 Å². The van der Waals surface area contributed by atoms with E-state index in [-0.39, 0.29) is 12.0 Å². The molecule has 2 fully saturated rings. The second-order valence-electron chi connectivity index (χ2n) is 4.63. The van der Waals surface area contributed by atoms with Crippen LogP contribution in [0.3, 0.4) is 0 Å². The van der Waals surface area contributed by atoms with E-state index < -0.39 is 11.9 Å². The zero-order valence-corrected chi connectivity index (χ0v) is 9.62. The van der Waals surface area contributed by atoms with Crippen LogP contribution >= 0.6 is 0 Å². The van der Waals surface area contributed by atoms with Crippen molar-refractivity contribution in [2.75, 3.05) is 32.8 Å². The molecule has 0 aromatic heterocycles. The summed E-state index contributed by atoms with van der Waals surface area (Å²) in [6, 6.07) is 0. The van der Waals surface area contributed by atoms with E-state index in [1.54, 1.807) is 11.8 Å². The van der Waals surface area contributed by atoms with Gasteiger partial charge in [-0.3, -0.25) is 4.79 Å². The molecule has 5 nitrogen and oxygen atoms in total. The van der Waals surface area contributed by atoms with E-state index >= 15 is 0 Å². The Bertz CT molecular complexity index is 290. The average molecular weight is 226 g/mol. The van der Waals surface area contributed by atoms with Gasteiger partial charge in [0, 0.05) is 18.5 Å². The maximum Gasteiger partial charge on any atom is 0.397 e. The van der Waals surface area contributed by atoms with Crippen LogP contribution in [0.5, 0.6) is 0 Å². The van der Waals surface area contributed by atoms with E-state index in [1.165, 1.54) is 0 Å². The SMILES string of the molecule is CCOC(=O)C(=O)N1CC2(CCNCC2)C1. The smallest absolute Gasteiger partial charge is 0.397 e. The second kappa shape index (κ2) is 4.41. The lowest BCUT2D eigenvalue weighted by molar-refractivity contribution is -0.167. The average Bonchev–Trinajstić information content (AvgIpc) is 2.26. The number of nitrogens with one attached hydrogen (secondary N) is 1. The van der Waals surface area contributed by atoms with Crippen molar-refractivity contribution in [3.63, 3.8) is 0 Å². The molecule has 16 heavy (non-hydrogen) atoms. The van der Waals surface area contributed by atoms with E-state index in [0.29, 0.717) is 13.1 Å². The van der Waals surface area contributed by atoms with Crippen LogP contribution in [0.1, 0.15) is 19.8 Å². The Morgan fingerprint density at radius 1 is 1.31 bits per heavy atom. The molecule has 0 aromatic carbocycles. The molecule has 2 aliphatic heterocycles. The first-order valence-electron chi connectivity index (χ1n) is 5.84. The van der Waals surface area contributed by atoms with Crippen molar-refractivity contribution < 1.29 is 14.3 Å². The first-order chi connectivity index (χ1) is 7.67. The van der Waals surface area contributed by atoms with Crippen molar-refractivity contribution in [2.24, 2.45) is 5.41 Å². The lowest BCUT2D eigenvalue weighted by Gasteiger charge is -2.51. The predicted molar refractivity (Wildman–Crippen MR) is 57.7 cm³/mol. The molecule has 0 atom stereocenters. The number of hydrogen-bond acceptors (Lipinski definition) is 4. The highest BCUT2D eigenvalue weighted by molar-refractivity contribution is 6.32. The number of piperidine rings is 1. The van der Waals surface area contributed by atoms with Crippen LogP contribution in [0.15, 0.2) is 0 Å². The fourth-order valence-electron chi connectivity index (χ4n) is 2.50. The van der Waals surface area contributed by atoms with E-state index in [2.05, 4.69) is 5.32 Å². The Kier molecular flexibility index (Phi) is 3.14. The number of ether oxygens (including phenoxy) is 1. The summed E-state index contributed by atoms with van der Waals surface area (Å²) in [7, 11) is 0. The molecular weight excluding hydrogens is 208 g/mol. The van der Waals surface area contributed by atoms with Gasteiger partial charge in [0.1, 0.15) is 0 Å². The summed E-state index contributed by atoms with van der Waals surface area (Å²) in [4.78, 5) is 24.4. The van der Waals surface area contributed by atoms with Gasteiger partial charge in [0.25, 0.3) is 0 Å². The van der Waals surface area contributed by atoms with Crippen molar-refractivity contribution in [1.82, 2.24) is 10.2 Å². The second-order valence-corrected chi connectivity index (χ2v) is 4.63. The van der Waals surface area contributed by atoms with Gasteiger partial charge < -0.3 is 15.0 Å². The Morgan fingerprint density at radius 3 is 2.50 bits per heavy atom. The molecular formula is C11H18N2O3. The summed E-state index contributed by atoms with van der Waals surface area (Å²) >= 11 is 0. The third kappa shape index (κ3) is 2.04. The fourth-order valence-corrected chi connectivity index (χ4v) is 2.50. The highest BCUT2D eigenvalue weighted by Crippen LogP contribution is 2.38. The lowest BCUT2D eigenvalue weighted by Crippen LogP contribution is -2.62. The Balaban J connectivity index is 1.83. The van der Waals surface area contributed by atoms with Gasteiger partial charge >= 0.3 is 11.9 Å². The number of esters is 1. The molecule has 0 bridgehead atoms. The molecule has 2 saturated heterocycles. The number of hydrogen-bond donors (Lipinski definition) is 1. The highest BCUT2D eigenvalue weighted by Gasteiger charge is 2.46. The molecule has 1 amide bonds. The third-order valence-electron chi connectivity index (χ3n) is 3.45. The minimum atomic E-state index is -0.716. The molecule has 5 heteroatoms. The molecule has 0 unspecified atom stereocenters. The van der Waals surface area contributed by atoms with Gasteiger partial charge in [-0.25, -0.2) is 4.79 Å². The molecule has 2 aliphatic rings. The van der Waals surface area contributed by atoms with Crippen molar-refractivity contribution >= 4 is 11.9 Å². The molecule has 0 saturated carbocycles. The minimum Gasteiger partial charge on any atom is -0.459 e. The molecule has 0 aliphatic carbocycles. The van der Waals surface area contributed by atoms with Crippen molar-refractivity contribution in [3.8, 4) is 0 Å². The standard InChI is InChI=1S/C11H18N2O3/c1-2-16-10(15)9(14)13-7-11(8-13)3-5-12-6-4-11/h12H,2-8H2,1H3. The van der Waals surface area contributed by atoms with Gasteiger partial charge in [-0.15, -0.1) is 0 Å². The quantitative estimate of drug-likeness (QED) is 0.495. The summed E-state index contributed by atoms with van der Waals surface area (Å²) in [6.45, 7) is 5.42. The van der Waals surface area contributed by atoms with Crippen molar-refractivity contribution in [3.05, 3.63) is 0 Å². The number of carbonyl (C=O) groups excluding carboxylic acids is 2. The summed E-state index contributed by atoms with van der Waals surface area (Å²) < 4.78 is 4.69. The molecule has 1 spiro atoms. The number of nitrogens with zero attached hydrogens (tertiary/aromatic N) is 1. The molecule has 2 rings (SSSR count). The summed E-state index contributed by atoms with van der Waals surface area (Å²) in [6.07, 6.45) is 2.19. The number of amides is 1. The lowest BCUT2D eigenvalue weighted by atomic mass is 9.72. The first-order valence-corrected chi connectivity index (χ1v) is 5.84. The van der Waals surface area contributed by atoms with Crippen molar-refractivity contribution in [2.45, 2.75) is 19.8 Å². The van der Waals surface area contributed by atoms with E-state index in [4.69, 9.17) is 4.74 Å². The zero-order valence-electron chi connectivity index (χ0n) is 9.62. The largest absolute Gasteiger partial charge is 0.459 e. The van der Waals surface area contributed by atoms with Gasteiger partial charge in [0.05, 0.1) is 6.61 Å². The first kappa shape index (κ1) is 11.4. The maximum atomic E-state index is 11.6. The minimum absolute atomic E-state index is 0.257. The number of carbonyl (C=O) groups is 2. The molecule has 2 heterocycles. The fraction of sp³-hybridized carbons (Fsp3) is 0.818. The van der Waals surface area contributed by atoms with Crippen molar-refractivity contribution in [1.29, 1.82) is 0 Å². The van der Waals surface area contributed by atoms with E-state index in [0.717, 1.165) is 25.9 Å². The van der Waals surface area contributed by atoms with Crippen LogP contribution in [-0.4, -0.2) is 49.6 Å². The van der Waals surface area contributed by atoms with E-state index in [9.17, 15) is 9.59 Å². The zero-order chi connectivity index (χ0) is 11.6. The molecule has 0 aromatic rings. The van der Waals surface area contributed by atoms with Crippen LogP contribution in [0.4, 0.5) is 0 Å². The van der Waals surface area contributed by atoms with E-state index in [1.807, 2.05) is 0 Å². The van der Waals surface area contributed by atoms with Crippen LogP contribution in [0.2, 0.25) is 0 Å². The van der Waals surface area contributed by atoms with Crippen LogP contribution in [0, 0.1) is 5.41 Å². The highest BCUT2D eigenvalue weighted by atomic mass is 16.5. The van der Waals surface area contributed by atoms with Gasteiger partial charge in [0.2, 0.25) is 0 Å². The summed E-state index contributed by atoms with van der Waals surface area (Å²) in [5.41, 5.74) is 0.271. The predicted octanol–water partition coefficient (Wildman–Crippen LogP) is -0.238. The normalized spacial score (nSPS) is 22.7. The van der Waals surface area contributed by atoms with Gasteiger partial charge in [-0.1, -0.05) is 0 Å². The summed E-state index contributed by atoms with van der Waals surface area (Å²) in [5.74, 6) is -1.20. The van der Waals surface area contributed by atoms with Crippen LogP contribution in [-0.2, 0) is 14.3 Å². The molecule has 0 radical (unpaired) electrons. The van der Waals surface area contributed by atoms with Gasteiger partial charge in [-0.2, -0.15) is 0 Å². The van der Waals surface area contributed by atoms with Crippen LogP contribution in [0.25, 0.3) is 0 Å². The van der Waals surface area contributed by atoms with Gasteiger partial charge in [0.15, 0.2) is 0 Å². The summed E-state index contributed by atoms with van der Waals surface area (Å²) in [5, 5.41) is 3.30. The van der Waals surface area contributed by atoms with Gasteiger partial charge in [-0.05, 0) is 32.9 Å². The monoisotopic (exact) mass is 226 g/mol. The Hall–Kier alpha value is -1.10. The third-order valence-corrected chi connectivity index (χ3v) is 3.45. The Morgan fingerprint density at radius 2 is 1.94 bits per heavy atom. The molecule has 90 valence electrons. The Labute approximate surface area is 95.1 Å². The number of rotatable bonds is 1.